The fourth-order valence-electron chi connectivity index (χ4n) is 9.04. The van der Waals surface area contributed by atoms with Gasteiger partial charge in [-0.05, 0) is 78.1 Å². The lowest BCUT2D eigenvalue weighted by molar-refractivity contribution is -0.139. The number of rotatable bonds is 11. The van der Waals surface area contributed by atoms with Gasteiger partial charge in [-0.1, -0.05) is 56.3 Å². The SMILES string of the molecule is COC(=O)N[C@@H](C(=O)N1CCCC1C1=Nc2ccc(-c3csc4c(-c5ccc6nc(C7CCCN7C(=O)[C@H](NC(=O)CO)C(C)C)[nH]c6c5)csc34)cc2C1)c1ccccc1. The lowest BCUT2D eigenvalue weighted by Gasteiger charge is -2.30. The van der Waals surface area contributed by atoms with Gasteiger partial charge in [0.25, 0.3) is 0 Å². The van der Waals surface area contributed by atoms with Crippen molar-refractivity contribution in [2.75, 3.05) is 26.8 Å². The minimum Gasteiger partial charge on any atom is -0.453 e. The van der Waals surface area contributed by atoms with Crippen LogP contribution < -0.4 is 10.6 Å². The molecule has 61 heavy (non-hydrogen) atoms. The van der Waals surface area contributed by atoms with Gasteiger partial charge in [0, 0.05) is 47.1 Å². The summed E-state index contributed by atoms with van der Waals surface area (Å²) in [6, 6.07) is 20.0. The number of ether oxygens (including phenoxy) is 1. The molecule has 4 amide bonds. The number of carbonyl (C=O) groups excluding carboxylic acids is 4. The van der Waals surface area contributed by atoms with Gasteiger partial charge in [0.2, 0.25) is 17.7 Å². The number of nitrogens with one attached hydrogen (secondary N) is 3. The summed E-state index contributed by atoms with van der Waals surface area (Å²) in [5.41, 5.74) is 9.97. The first-order valence-corrected chi connectivity index (χ1v) is 22.5. The summed E-state index contributed by atoms with van der Waals surface area (Å²) < 4.78 is 7.30. The number of aliphatic imine (C=N–C) groups is 1. The van der Waals surface area contributed by atoms with E-state index in [1.54, 1.807) is 22.7 Å². The van der Waals surface area contributed by atoms with Gasteiger partial charge in [-0.3, -0.25) is 19.4 Å². The Hall–Kier alpha value is -5.90. The number of fused-ring (bicyclic) bond motifs is 3. The van der Waals surface area contributed by atoms with E-state index in [1.165, 1.54) is 22.1 Å². The van der Waals surface area contributed by atoms with Crippen molar-refractivity contribution in [1.29, 1.82) is 0 Å². The minimum atomic E-state index is -0.861. The molecule has 4 atom stereocenters. The predicted octanol–water partition coefficient (Wildman–Crippen LogP) is 7.69. The molecule has 0 saturated carbocycles. The molecule has 2 saturated heterocycles. The summed E-state index contributed by atoms with van der Waals surface area (Å²) >= 11 is 3.46. The molecule has 0 radical (unpaired) electrons. The highest BCUT2D eigenvalue weighted by molar-refractivity contribution is 7.27. The summed E-state index contributed by atoms with van der Waals surface area (Å²) in [4.78, 5) is 69.3. The number of methoxy groups -OCH3 is 1. The van der Waals surface area contributed by atoms with E-state index in [4.69, 9.17) is 14.7 Å². The van der Waals surface area contributed by atoms with E-state index in [2.05, 4.69) is 56.7 Å². The van der Waals surface area contributed by atoms with E-state index in [9.17, 15) is 24.3 Å². The fourth-order valence-corrected chi connectivity index (χ4v) is 11.5. The lowest BCUT2D eigenvalue weighted by Crippen LogP contribution is -2.51. The van der Waals surface area contributed by atoms with E-state index < -0.39 is 30.7 Å². The lowest BCUT2D eigenvalue weighted by atomic mass is 9.99. The first kappa shape index (κ1) is 40.5. The molecule has 2 unspecified atom stereocenters. The first-order chi connectivity index (χ1) is 29.6. The number of thiophene rings is 2. The molecule has 15 heteroatoms. The van der Waals surface area contributed by atoms with Crippen molar-refractivity contribution in [3.63, 3.8) is 0 Å². The Bertz CT molecular complexity index is 2690. The number of H-pyrrole nitrogens is 1. The van der Waals surface area contributed by atoms with Crippen molar-refractivity contribution >= 4 is 78.3 Å². The third-order valence-corrected chi connectivity index (χ3v) is 14.3. The molecule has 3 aromatic carbocycles. The van der Waals surface area contributed by atoms with Gasteiger partial charge in [-0.15, -0.1) is 22.7 Å². The van der Waals surface area contributed by atoms with Crippen molar-refractivity contribution < 1.29 is 29.0 Å². The van der Waals surface area contributed by atoms with E-state index in [0.717, 1.165) is 76.2 Å². The van der Waals surface area contributed by atoms with Gasteiger partial charge >= 0.3 is 6.09 Å². The average molecular weight is 858 g/mol. The predicted molar refractivity (Wildman–Crippen MR) is 238 cm³/mol. The minimum absolute atomic E-state index is 0.141. The molecule has 314 valence electrons. The number of aromatic nitrogens is 2. The largest absolute Gasteiger partial charge is 0.453 e. The van der Waals surface area contributed by atoms with Gasteiger partial charge in [0.05, 0.1) is 45.3 Å². The van der Waals surface area contributed by atoms with Crippen LogP contribution >= 0.6 is 22.7 Å². The zero-order valence-electron chi connectivity index (χ0n) is 34.1. The summed E-state index contributed by atoms with van der Waals surface area (Å²) in [6.07, 6.45) is 3.25. The molecule has 3 aliphatic rings. The van der Waals surface area contributed by atoms with Crippen LogP contribution in [-0.4, -0.2) is 93.3 Å². The van der Waals surface area contributed by atoms with Crippen LogP contribution in [0.2, 0.25) is 0 Å². The molecular weight excluding hydrogens is 811 g/mol. The Balaban J connectivity index is 0.920. The topological polar surface area (TPSA) is 169 Å². The summed E-state index contributed by atoms with van der Waals surface area (Å²) in [5.74, 6) is -0.315. The van der Waals surface area contributed by atoms with Gasteiger partial charge in [-0.25, -0.2) is 9.78 Å². The third-order valence-electron chi connectivity index (χ3n) is 12.1. The maximum Gasteiger partial charge on any atom is 0.407 e. The van der Waals surface area contributed by atoms with Crippen LogP contribution in [0.15, 0.2) is 82.5 Å². The number of nitrogens with zero attached hydrogens (tertiary/aromatic N) is 4. The van der Waals surface area contributed by atoms with Gasteiger partial charge in [0.1, 0.15) is 24.5 Å². The van der Waals surface area contributed by atoms with E-state index in [0.29, 0.717) is 25.1 Å². The zero-order chi connectivity index (χ0) is 42.4. The van der Waals surface area contributed by atoms with E-state index >= 15 is 0 Å². The normalized spacial score (nSPS) is 18.4. The molecule has 6 aromatic rings. The molecule has 0 bridgehead atoms. The monoisotopic (exact) mass is 857 g/mol. The zero-order valence-corrected chi connectivity index (χ0v) is 35.8. The molecule has 13 nitrogen and oxygen atoms in total. The van der Waals surface area contributed by atoms with Crippen LogP contribution in [0.3, 0.4) is 0 Å². The van der Waals surface area contributed by atoms with Gasteiger partial charge in [0.15, 0.2) is 0 Å². The fraction of sp³-hybridized carbons (Fsp3) is 0.348. The number of aliphatic hydroxyl groups is 1. The van der Waals surface area contributed by atoms with E-state index in [1.807, 2.05) is 60.0 Å². The third kappa shape index (κ3) is 7.70. The van der Waals surface area contributed by atoms with Crippen LogP contribution in [-0.2, 0) is 25.5 Å². The number of alkyl carbamates (subject to hydrolysis) is 1. The molecule has 0 aliphatic carbocycles. The molecule has 6 heterocycles. The number of aromatic amines is 1. The van der Waals surface area contributed by atoms with E-state index in [-0.39, 0.29) is 29.8 Å². The quantitative estimate of drug-likeness (QED) is 0.104. The van der Waals surface area contributed by atoms with Crippen LogP contribution in [0.5, 0.6) is 0 Å². The number of aliphatic hydroxyl groups excluding tert-OH is 1. The van der Waals surface area contributed by atoms with Gasteiger partial charge < -0.3 is 35.3 Å². The van der Waals surface area contributed by atoms with Crippen molar-refractivity contribution in [1.82, 2.24) is 30.4 Å². The highest BCUT2D eigenvalue weighted by Gasteiger charge is 2.39. The Morgan fingerprint density at radius 2 is 1.54 bits per heavy atom. The Kier molecular flexibility index (Phi) is 11.2. The van der Waals surface area contributed by atoms with Crippen molar-refractivity contribution in [2.24, 2.45) is 10.9 Å². The molecular formula is C46H47N7O6S2. The van der Waals surface area contributed by atoms with Crippen molar-refractivity contribution in [2.45, 2.75) is 70.1 Å². The maximum atomic E-state index is 14.1. The average Bonchev–Trinajstić information content (AvgIpc) is 4.13. The number of likely N-dealkylation sites (tertiary alicyclic amines) is 2. The number of carbonyl (C=O) groups is 4. The first-order valence-electron chi connectivity index (χ1n) is 20.7. The molecule has 0 spiro atoms. The molecule has 9 rings (SSSR count). The Labute approximate surface area is 360 Å². The standard InChI is InChI=1S/C46H47N7O6S2/c1-25(2)39(50-38(55)22-54)44(56)53-18-8-12-37(53)43-48-33-16-14-28(20-34(33)49-43)31-24-61-41-30(23-60-42(31)41)27-13-15-32-29(19-27)21-35(47-32)36-11-7-17-52(36)45(57)40(51-46(58)59-3)26-9-5-4-6-10-26/h4-6,9-10,13-16,19-20,23-25,36-37,39-40,54H,7-8,11-12,17-18,21-22H2,1-3H3,(H,48,49)(H,50,55)(H,51,58)/t36?,37?,39-,40-/m1/s1. The number of hydrogen-bond donors (Lipinski definition) is 4. The molecule has 2 fully saturated rings. The van der Waals surface area contributed by atoms with Crippen molar-refractivity contribution in [3.05, 3.63) is 94.4 Å². The molecule has 3 aliphatic heterocycles. The number of imidazole rings is 1. The number of hydrogen-bond acceptors (Lipinski definition) is 10. The van der Waals surface area contributed by atoms with Crippen molar-refractivity contribution in [3.8, 4) is 22.3 Å². The molecule has 3 aromatic heterocycles. The van der Waals surface area contributed by atoms with Gasteiger partial charge in [-0.2, -0.15) is 0 Å². The summed E-state index contributed by atoms with van der Waals surface area (Å²) in [7, 11) is 1.29. The Morgan fingerprint density at radius 1 is 0.869 bits per heavy atom. The second-order valence-corrected chi connectivity index (χ2v) is 18.0. The number of benzene rings is 3. The summed E-state index contributed by atoms with van der Waals surface area (Å²) in [5, 5.41) is 19.2. The maximum absolute atomic E-state index is 14.1. The highest BCUT2D eigenvalue weighted by Crippen LogP contribution is 2.46. The summed E-state index contributed by atoms with van der Waals surface area (Å²) in [6.45, 7) is 4.27. The second kappa shape index (κ2) is 16.9. The van der Waals surface area contributed by atoms with Crippen LogP contribution in [0.4, 0.5) is 10.5 Å². The van der Waals surface area contributed by atoms with Crippen LogP contribution in [0.25, 0.3) is 42.7 Å². The number of amides is 4. The van der Waals surface area contributed by atoms with Crippen LogP contribution in [0.1, 0.15) is 68.6 Å². The Morgan fingerprint density at radius 3 is 2.23 bits per heavy atom. The smallest absolute Gasteiger partial charge is 0.407 e. The second-order valence-electron chi connectivity index (χ2n) is 16.2. The van der Waals surface area contributed by atoms with Crippen LogP contribution in [0, 0.1) is 5.92 Å². The molecule has 4 N–H and O–H groups in total. The highest BCUT2D eigenvalue weighted by atomic mass is 32.1.